The van der Waals surface area contributed by atoms with Gasteiger partial charge in [-0.05, 0) is 43.3 Å². The molecule has 1 amide bonds. The van der Waals surface area contributed by atoms with E-state index < -0.39 is 0 Å². The number of benzene rings is 2. The lowest BCUT2D eigenvalue weighted by atomic mass is 10.2. The molecule has 0 radical (unpaired) electrons. The summed E-state index contributed by atoms with van der Waals surface area (Å²) in [5, 5.41) is 12.7. The molecule has 0 aliphatic heterocycles. The van der Waals surface area contributed by atoms with Gasteiger partial charge in [0, 0.05) is 23.6 Å². The first-order valence-corrected chi connectivity index (χ1v) is 10.6. The van der Waals surface area contributed by atoms with Gasteiger partial charge in [-0.25, -0.2) is 0 Å². The van der Waals surface area contributed by atoms with Gasteiger partial charge < -0.3 is 5.32 Å². The summed E-state index contributed by atoms with van der Waals surface area (Å²) in [5.41, 5.74) is 3.56. The maximum atomic E-state index is 12.5. The predicted molar refractivity (Wildman–Crippen MR) is 120 cm³/mol. The molecule has 8 heteroatoms. The molecule has 30 heavy (non-hydrogen) atoms. The lowest BCUT2D eigenvalue weighted by Gasteiger charge is -2.11. The highest BCUT2D eigenvalue weighted by Gasteiger charge is 2.17. The first kappa shape index (κ1) is 20.1. The number of aryl methyl sites for hydroxylation is 1. The zero-order valence-corrected chi connectivity index (χ0v) is 17.7. The van der Waals surface area contributed by atoms with Crippen LogP contribution in [0.15, 0.2) is 78.2 Å². The van der Waals surface area contributed by atoms with Crippen molar-refractivity contribution in [1.29, 1.82) is 0 Å². The number of hydrogen-bond donors (Lipinski definition) is 1. The van der Waals surface area contributed by atoms with Crippen molar-refractivity contribution >= 4 is 35.0 Å². The Hall–Kier alpha value is -3.16. The van der Waals surface area contributed by atoms with Crippen LogP contribution in [0.4, 0.5) is 5.69 Å². The average Bonchev–Trinajstić information content (AvgIpc) is 3.19. The third kappa shape index (κ3) is 4.53. The van der Waals surface area contributed by atoms with Crippen molar-refractivity contribution in [3.05, 3.63) is 83.6 Å². The zero-order valence-electron chi connectivity index (χ0n) is 16.1. The zero-order chi connectivity index (χ0) is 20.9. The molecule has 0 spiro atoms. The van der Waals surface area contributed by atoms with Crippen LogP contribution in [0.25, 0.3) is 17.1 Å². The predicted octanol–water partition coefficient (Wildman–Crippen LogP) is 5.02. The van der Waals surface area contributed by atoms with Crippen LogP contribution < -0.4 is 5.32 Å². The quantitative estimate of drug-likeness (QED) is 0.430. The van der Waals surface area contributed by atoms with Crippen LogP contribution in [0, 0.1) is 6.92 Å². The van der Waals surface area contributed by atoms with Gasteiger partial charge in [-0.2, -0.15) is 0 Å². The molecule has 4 aromatic rings. The van der Waals surface area contributed by atoms with Gasteiger partial charge in [0.1, 0.15) is 0 Å². The van der Waals surface area contributed by atoms with Crippen LogP contribution in [-0.4, -0.2) is 31.4 Å². The number of pyridine rings is 1. The molecular weight excluding hydrogens is 418 g/mol. The van der Waals surface area contributed by atoms with E-state index in [0.717, 1.165) is 16.8 Å². The fraction of sp³-hybridized carbons (Fsp3) is 0.0909. The number of amides is 1. The minimum atomic E-state index is -0.169. The molecule has 150 valence electrons. The maximum Gasteiger partial charge on any atom is 0.234 e. The van der Waals surface area contributed by atoms with Crippen LogP contribution in [0.2, 0.25) is 5.02 Å². The van der Waals surface area contributed by atoms with Gasteiger partial charge in [-0.15, -0.1) is 10.2 Å². The van der Waals surface area contributed by atoms with Crippen molar-refractivity contribution in [2.75, 3.05) is 11.1 Å². The summed E-state index contributed by atoms with van der Waals surface area (Å²) < 4.78 is 1.95. The lowest BCUT2D eigenvalue weighted by Crippen LogP contribution is -2.14. The molecule has 1 N–H and O–H groups in total. The number of aromatic nitrogens is 4. The number of thioether (sulfide) groups is 1. The number of carbonyl (C=O) groups is 1. The Bertz CT molecular complexity index is 1160. The van der Waals surface area contributed by atoms with E-state index in [-0.39, 0.29) is 11.7 Å². The second-order valence-electron chi connectivity index (χ2n) is 6.53. The smallest absolute Gasteiger partial charge is 0.234 e. The van der Waals surface area contributed by atoms with Gasteiger partial charge in [0.05, 0.1) is 16.5 Å². The number of carbonyl (C=O) groups excluding carboxylic acids is 1. The van der Waals surface area contributed by atoms with Crippen LogP contribution in [0.3, 0.4) is 0 Å². The number of para-hydroxylation sites is 1. The van der Waals surface area contributed by atoms with Gasteiger partial charge >= 0.3 is 0 Å². The summed E-state index contributed by atoms with van der Waals surface area (Å²) in [6, 6.07) is 19.0. The van der Waals surface area contributed by atoms with Crippen LogP contribution in [0.5, 0.6) is 0 Å². The highest BCUT2D eigenvalue weighted by Crippen LogP contribution is 2.28. The maximum absolute atomic E-state index is 12.5. The third-order valence-electron chi connectivity index (χ3n) is 4.34. The molecule has 6 nitrogen and oxygen atoms in total. The van der Waals surface area contributed by atoms with E-state index in [1.165, 1.54) is 11.8 Å². The Labute approximate surface area is 183 Å². The van der Waals surface area contributed by atoms with E-state index in [0.29, 0.717) is 21.7 Å². The molecule has 0 fully saturated rings. The van der Waals surface area contributed by atoms with Crippen molar-refractivity contribution in [3.8, 4) is 17.1 Å². The molecule has 0 saturated carbocycles. The van der Waals surface area contributed by atoms with E-state index in [4.69, 9.17) is 11.6 Å². The summed E-state index contributed by atoms with van der Waals surface area (Å²) in [4.78, 5) is 16.5. The topological polar surface area (TPSA) is 72.7 Å². The van der Waals surface area contributed by atoms with Crippen molar-refractivity contribution < 1.29 is 4.79 Å². The van der Waals surface area contributed by atoms with Crippen molar-refractivity contribution in [3.63, 3.8) is 0 Å². The van der Waals surface area contributed by atoms with E-state index in [9.17, 15) is 4.79 Å². The minimum absolute atomic E-state index is 0.169. The standard InChI is InChI=1S/C22H18ClN5OS/c1-15-6-8-17(9-7-15)28-21(16-10-12-24-13-11-16)26-27-22(28)30-14-20(29)25-19-5-3-2-4-18(19)23/h2-13H,14H2,1H3,(H,25,29). The van der Waals surface area contributed by atoms with E-state index in [1.54, 1.807) is 24.5 Å². The first-order valence-electron chi connectivity index (χ1n) is 9.22. The van der Waals surface area contributed by atoms with Gasteiger partial charge in [0.25, 0.3) is 0 Å². The minimum Gasteiger partial charge on any atom is -0.324 e. The number of anilines is 1. The second kappa shape index (κ2) is 9.11. The second-order valence-corrected chi connectivity index (χ2v) is 7.88. The molecule has 2 aromatic carbocycles. The fourth-order valence-electron chi connectivity index (χ4n) is 2.86. The van der Waals surface area contributed by atoms with Gasteiger partial charge in [-0.1, -0.05) is 53.2 Å². The highest BCUT2D eigenvalue weighted by molar-refractivity contribution is 7.99. The van der Waals surface area contributed by atoms with Gasteiger partial charge in [0.15, 0.2) is 11.0 Å². The summed E-state index contributed by atoms with van der Waals surface area (Å²) in [5.74, 6) is 0.693. The molecule has 2 heterocycles. The monoisotopic (exact) mass is 435 g/mol. The van der Waals surface area contributed by atoms with E-state index in [1.807, 2.05) is 60.0 Å². The van der Waals surface area contributed by atoms with Crippen molar-refractivity contribution in [2.45, 2.75) is 12.1 Å². The summed E-state index contributed by atoms with van der Waals surface area (Å²) in [6.07, 6.45) is 3.43. The Kier molecular flexibility index (Phi) is 6.11. The number of rotatable bonds is 6. The molecular formula is C22H18ClN5OS. The molecule has 0 atom stereocenters. The number of nitrogens with zero attached hydrogens (tertiary/aromatic N) is 4. The first-order chi connectivity index (χ1) is 14.6. The summed E-state index contributed by atoms with van der Waals surface area (Å²) >= 11 is 7.43. The average molecular weight is 436 g/mol. The summed E-state index contributed by atoms with van der Waals surface area (Å²) in [7, 11) is 0. The van der Waals surface area contributed by atoms with Crippen LogP contribution in [-0.2, 0) is 4.79 Å². The normalized spacial score (nSPS) is 10.7. The SMILES string of the molecule is Cc1ccc(-n2c(SCC(=O)Nc3ccccc3Cl)nnc2-c2ccncc2)cc1. The molecule has 0 bridgehead atoms. The van der Waals surface area contributed by atoms with Gasteiger partial charge in [-0.3, -0.25) is 14.3 Å². The van der Waals surface area contributed by atoms with E-state index >= 15 is 0 Å². The van der Waals surface area contributed by atoms with Crippen LogP contribution >= 0.6 is 23.4 Å². The fourth-order valence-corrected chi connectivity index (χ4v) is 3.79. The molecule has 4 rings (SSSR count). The molecule has 0 aliphatic carbocycles. The Morgan fingerprint density at radius 1 is 1.03 bits per heavy atom. The number of halogens is 1. The molecule has 0 aliphatic rings. The molecule has 0 unspecified atom stereocenters. The third-order valence-corrected chi connectivity index (χ3v) is 5.60. The lowest BCUT2D eigenvalue weighted by molar-refractivity contribution is -0.113. The van der Waals surface area contributed by atoms with E-state index in [2.05, 4.69) is 20.5 Å². The molecule has 0 saturated heterocycles. The largest absolute Gasteiger partial charge is 0.324 e. The highest BCUT2D eigenvalue weighted by atomic mass is 35.5. The summed E-state index contributed by atoms with van der Waals surface area (Å²) in [6.45, 7) is 2.04. The Balaban J connectivity index is 1.60. The van der Waals surface area contributed by atoms with Crippen molar-refractivity contribution in [2.24, 2.45) is 0 Å². The van der Waals surface area contributed by atoms with Crippen molar-refractivity contribution in [1.82, 2.24) is 19.7 Å². The Morgan fingerprint density at radius 2 is 1.77 bits per heavy atom. The molecule has 2 aromatic heterocycles. The number of nitrogens with one attached hydrogen (secondary N) is 1. The van der Waals surface area contributed by atoms with Crippen LogP contribution in [0.1, 0.15) is 5.56 Å². The Morgan fingerprint density at radius 3 is 2.50 bits per heavy atom. The van der Waals surface area contributed by atoms with Gasteiger partial charge in [0.2, 0.25) is 5.91 Å². The number of hydrogen-bond acceptors (Lipinski definition) is 5.